The van der Waals surface area contributed by atoms with Crippen LogP contribution in [0.5, 0.6) is 11.5 Å². The fraction of sp³-hybridized carbons (Fsp3) is 0.611. The molecule has 10 heteroatoms. The number of rotatable bonds is 12. The van der Waals surface area contributed by atoms with Crippen LogP contribution in [0.3, 0.4) is 0 Å². The number of ether oxygens (including phenoxy) is 3. The van der Waals surface area contributed by atoms with Gasteiger partial charge in [0.25, 0.3) is 0 Å². The number of methoxy groups -OCH3 is 1. The van der Waals surface area contributed by atoms with E-state index in [1.165, 1.54) is 6.26 Å². The molecule has 0 heterocycles. The molecule has 1 aromatic carbocycles. The Morgan fingerprint density at radius 3 is 2.36 bits per heavy atom. The Balaban J connectivity index is 0.00000729. The molecule has 0 saturated carbocycles. The molecule has 0 saturated heterocycles. The maximum Gasteiger partial charge on any atom is 0.193 e. The van der Waals surface area contributed by atoms with Crippen LogP contribution in [-0.4, -0.2) is 84.9 Å². The van der Waals surface area contributed by atoms with E-state index >= 15 is 0 Å². The highest BCUT2D eigenvalue weighted by Crippen LogP contribution is 2.16. The van der Waals surface area contributed by atoms with Crippen molar-refractivity contribution in [2.45, 2.75) is 6.92 Å². The lowest BCUT2D eigenvalue weighted by Crippen LogP contribution is -2.41. The SMILES string of the molecule is CCNC(=NCCOCCS(C)(=O)=O)N(C)CCOc1ccc(OC)cc1.I. The number of guanidine groups is 1. The highest BCUT2D eigenvalue weighted by molar-refractivity contribution is 14.0. The van der Waals surface area contributed by atoms with Gasteiger partial charge in [0.2, 0.25) is 0 Å². The first-order chi connectivity index (χ1) is 12.9. The number of sulfone groups is 1. The zero-order chi connectivity index (χ0) is 20.1. The molecule has 0 amide bonds. The molecule has 0 aromatic heterocycles. The van der Waals surface area contributed by atoms with Crippen molar-refractivity contribution in [1.29, 1.82) is 0 Å². The molecule has 8 nitrogen and oxygen atoms in total. The molecule has 1 aromatic rings. The van der Waals surface area contributed by atoms with Crippen molar-refractivity contribution in [2.75, 3.05) is 65.6 Å². The summed E-state index contributed by atoms with van der Waals surface area (Å²) in [6, 6.07) is 7.45. The van der Waals surface area contributed by atoms with E-state index in [0.717, 1.165) is 24.0 Å². The van der Waals surface area contributed by atoms with Crippen molar-refractivity contribution in [2.24, 2.45) is 4.99 Å². The molecule has 0 unspecified atom stereocenters. The second-order valence-electron chi connectivity index (χ2n) is 5.92. The zero-order valence-corrected chi connectivity index (χ0v) is 20.2. The van der Waals surface area contributed by atoms with Gasteiger partial charge in [-0.05, 0) is 31.2 Å². The number of likely N-dealkylation sites (N-methyl/N-ethyl adjacent to an activating group) is 1. The number of nitrogens with one attached hydrogen (secondary N) is 1. The van der Waals surface area contributed by atoms with E-state index in [-0.39, 0.29) is 36.3 Å². The minimum atomic E-state index is -2.99. The van der Waals surface area contributed by atoms with Crippen LogP contribution in [0.2, 0.25) is 0 Å². The average Bonchev–Trinajstić information content (AvgIpc) is 2.63. The molecule has 0 aliphatic carbocycles. The summed E-state index contributed by atoms with van der Waals surface area (Å²) < 4.78 is 38.2. The van der Waals surface area contributed by atoms with Crippen LogP contribution in [0.1, 0.15) is 6.92 Å². The second-order valence-corrected chi connectivity index (χ2v) is 8.18. The second kappa shape index (κ2) is 14.7. The van der Waals surface area contributed by atoms with Gasteiger partial charge in [-0.25, -0.2) is 8.42 Å². The number of aliphatic imine (C=N–C) groups is 1. The first-order valence-corrected chi connectivity index (χ1v) is 10.9. The molecule has 0 bridgehead atoms. The molecule has 1 N–H and O–H groups in total. The van der Waals surface area contributed by atoms with E-state index in [4.69, 9.17) is 14.2 Å². The summed E-state index contributed by atoms with van der Waals surface area (Å²) in [5.74, 6) is 2.35. The van der Waals surface area contributed by atoms with Gasteiger partial charge in [-0.2, -0.15) is 0 Å². The number of benzene rings is 1. The summed E-state index contributed by atoms with van der Waals surface area (Å²) in [6.45, 7) is 4.94. The number of hydrogen-bond acceptors (Lipinski definition) is 6. The van der Waals surface area contributed by atoms with E-state index in [9.17, 15) is 8.42 Å². The Hall–Kier alpha value is -1.27. The van der Waals surface area contributed by atoms with E-state index in [1.54, 1.807) is 7.11 Å². The summed E-state index contributed by atoms with van der Waals surface area (Å²) in [7, 11) is 0.573. The predicted octanol–water partition coefficient (Wildman–Crippen LogP) is 1.65. The Morgan fingerprint density at radius 2 is 1.79 bits per heavy atom. The molecule has 0 fully saturated rings. The smallest absolute Gasteiger partial charge is 0.193 e. The van der Waals surface area contributed by atoms with Crippen LogP contribution >= 0.6 is 24.0 Å². The van der Waals surface area contributed by atoms with Crippen molar-refractivity contribution in [3.05, 3.63) is 24.3 Å². The number of nitrogens with zero attached hydrogens (tertiary/aromatic N) is 2. The average molecular weight is 529 g/mol. The Labute approximate surface area is 185 Å². The lowest BCUT2D eigenvalue weighted by Gasteiger charge is -2.22. The molecule has 162 valence electrons. The van der Waals surface area contributed by atoms with Gasteiger partial charge in [-0.1, -0.05) is 0 Å². The molecule has 0 aliphatic heterocycles. The van der Waals surface area contributed by atoms with Crippen molar-refractivity contribution in [3.63, 3.8) is 0 Å². The number of halogens is 1. The quantitative estimate of drug-likeness (QED) is 0.191. The van der Waals surface area contributed by atoms with E-state index in [2.05, 4.69) is 10.3 Å². The van der Waals surface area contributed by atoms with Gasteiger partial charge >= 0.3 is 0 Å². The number of hydrogen-bond donors (Lipinski definition) is 1. The molecule has 0 radical (unpaired) electrons. The summed E-state index contributed by atoms with van der Waals surface area (Å²) in [5, 5.41) is 3.21. The van der Waals surface area contributed by atoms with E-state index in [1.807, 2.05) is 43.1 Å². The normalized spacial score (nSPS) is 11.5. The van der Waals surface area contributed by atoms with Crippen molar-refractivity contribution in [1.82, 2.24) is 10.2 Å². The molecular weight excluding hydrogens is 497 g/mol. The lowest BCUT2D eigenvalue weighted by atomic mass is 10.3. The zero-order valence-electron chi connectivity index (χ0n) is 17.0. The monoisotopic (exact) mass is 529 g/mol. The standard InChI is InChI=1S/C18H31N3O5S.HI/c1-5-19-18(20-10-12-25-14-15-27(4,22)23)21(2)11-13-26-17-8-6-16(24-3)7-9-17;/h6-9H,5,10-15H2,1-4H3,(H,19,20);1H. The molecule has 0 aliphatic rings. The maximum atomic E-state index is 11.0. The summed E-state index contributed by atoms with van der Waals surface area (Å²) >= 11 is 0. The van der Waals surface area contributed by atoms with Crippen LogP contribution in [-0.2, 0) is 14.6 Å². The van der Waals surface area contributed by atoms with Gasteiger partial charge in [0.15, 0.2) is 5.96 Å². The van der Waals surface area contributed by atoms with Crippen LogP contribution < -0.4 is 14.8 Å². The minimum absolute atomic E-state index is 0. The van der Waals surface area contributed by atoms with E-state index < -0.39 is 9.84 Å². The van der Waals surface area contributed by atoms with Gasteiger partial charge in [-0.15, -0.1) is 24.0 Å². The van der Waals surface area contributed by atoms with Gasteiger partial charge in [0.05, 0.1) is 39.2 Å². The predicted molar refractivity (Wildman–Crippen MR) is 123 cm³/mol. The molecule has 0 spiro atoms. The Bertz CT molecular complexity index is 668. The van der Waals surface area contributed by atoms with Crippen LogP contribution in [0.4, 0.5) is 0 Å². The third-order valence-electron chi connectivity index (χ3n) is 3.55. The lowest BCUT2D eigenvalue weighted by molar-refractivity contribution is 0.157. The first-order valence-electron chi connectivity index (χ1n) is 8.87. The molecular formula is C18H32IN3O5S. The third-order valence-corrected chi connectivity index (χ3v) is 4.46. The minimum Gasteiger partial charge on any atom is -0.497 e. The van der Waals surface area contributed by atoms with Crippen molar-refractivity contribution < 1.29 is 22.6 Å². The van der Waals surface area contributed by atoms with Crippen LogP contribution in [0, 0.1) is 0 Å². The summed E-state index contributed by atoms with van der Waals surface area (Å²) in [5.41, 5.74) is 0. The van der Waals surface area contributed by atoms with Crippen LogP contribution in [0.25, 0.3) is 0 Å². The first kappa shape index (κ1) is 26.7. The summed E-state index contributed by atoms with van der Waals surface area (Å²) in [6.07, 6.45) is 1.20. The maximum absolute atomic E-state index is 11.0. The fourth-order valence-electron chi connectivity index (χ4n) is 2.08. The Morgan fingerprint density at radius 1 is 1.14 bits per heavy atom. The molecule has 28 heavy (non-hydrogen) atoms. The summed E-state index contributed by atoms with van der Waals surface area (Å²) in [4.78, 5) is 6.46. The fourth-order valence-corrected chi connectivity index (χ4v) is 2.50. The molecule has 1 rings (SSSR count). The largest absolute Gasteiger partial charge is 0.497 e. The van der Waals surface area contributed by atoms with Gasteiger partial charge in [0.1, 0.15) is 27.9 Å². The topological polar surface area (TPSA) is 89.5 Å². The van der Waals surface area contributed by atoms with Gasteiger partial charge in [-0.3, -0.25) is 4.99 Å². The highest BCUT2D eigenvalue weighted by Gasteiger charge is 2.06. The van der Waals surface area contributed by atoms with Crippen LogP contribution in [0.15, 0.2) is 29.3 Å². The van der Waals surface area contributed by atoms with E-state index in [0.29, 0.717) is 26.3 Å². The van der Waals surface area contributed by atoms with Crippen molar-refractivity contribution in [3.8, 4) is 11.5 Å². The van der Waals surface area contributed by atoms with Gasteiger partial charge < -0.3 is 24.4 Å². The molecule has 0 atom stereocenters. The van der Waals surface area contributed by atoms with Crippen molar-refractivity contribution >= 4 is 39.8 Å². The Kier molecular flexibility index (Phi) is 14.0. The van der Waals surface area contributed by atoms with Gasteiger partial charge in [0, 0.05) is 19.8 Å². The highest BCUT2D eigenvalue weighted by atomic mass is 127. The third kappa shape index (κ3) is 12.2.